The molecule has 1 saturated heterocycles. The predicted molar refractivity (Wildman–Crippen MR) is 144 cm³/mol. The Morgan fingerprint density at radius 2 is 1.92 bits per heavy atom. The first kappa shape index (κ1) is 25.4. The molecule has 0 aliphatic carbocycles. The predicted octanol–water partition coefficient (Wildman–Crippen LogP) is 3.82. The van der Waals surface area contributed by atoms with E-state index in [1.807, 2.05) is 42.2 Å². The van der Waals surface area contributed by atoms with Crippen molar-refractivity contribution in [2.45, 2.75) is 24.7 Å². The first-order valence-electron chi connectivity index (χ1n) is 11.9. The van der Waals surface area contributed by atoms with Crippen LogP contribution >= 0.6 is 11.9 Å². The van der Waals surface area contributed by atoms with Gasteiger partial charge in [-0.25, -0.2) is 4.98 Å². The molecule has 0 spiro atoms. The number of aliphatic hydroxyl groups is 1. The van der Waals surface area contributed by atoms with E-state index in [1.54, 1.807) is 37.1 Å². The van der Waals surface area contributed by atoms with Crippen LogP contribution in [0.4, 0.5) is 11.8 Å². The molecule has 38 heavy (non-hydrogen) atoms. The smallest absolute Gasteiger partial charge is 0.239 e. The van der Waals surface area contributed by atoms with Gasteiger partial charge in [0, 0.05) is 24.5 Å². The monoisotopic (exact) mass is 533 g/mol. The number of aromatic nitrogens is 4. The van der Waals surface area contributed by atoms with Crippen molar-refractivity contribution in [2.24, 2.45) is 0 Å². The number of anilines is 2. The highest BCUT2D eigenvalue weighted by Crippen LogP contribution is 2.39. The summed E-state index contributed by atoms with van der Waals surface area (Å²) in [5, 5.41) is 28.7. The quantitative estimate of drug-likeness (QED) is 0.320. The van der Waals surface area contributed by atoms with Gasteiger partial charge < -0.3 is 23.9 Å². The second-order valence-corrected chi connectivity index (χ2v) is 9.86. The lowest BCUT2D eigenvalue weighted by molar-refractivity contribution is 0.156. The molecule has 0 amide bonds. The van der Waals surface area contributed by atoms with Gasteiger partial charge in [0.05, 0.1) is 32.0 Å². The number of benzene rings is 1. The highest BCUT2D eigenvalue weighted by Gasteiger charge is 2.29. The molecule has 1 aliphatic heterocycles. The molecular formula is C26H27N7O4S. The Morgan fingerprint density at radius 1 is 1.13 bits per heavy atom. The number of rotatable bonds is 8. The van der Waals surface area contributed by atoms with Crippen molar-refractivity contribution >= 4 is 23.7 Å². The molecule has 0 bridgehead atoms. The lowest BCUT2D eigenvalue weighted by Crippen LogP contribution is -2.45. The average Bonchev–Trinajstić information content (AvgIpc) is 3.56. The van der Waals surface area contributed by atoms with Crippen molar-refractivity contribution in [3.63, 3.8) is 0 Å². The number of nitrogens with zero attached hydrogens (tertiary/aromatic N) is 6. The second kappa shape index (κ2) is 11.0. The molecule has 2 unspecified atom stereocenters. The third-order valence-electron chi connectivity index (χ3n) is 6.15. The van der Waals surface area contributed by atoms with E-state index >= 15 is 0 Å². The fraction of sp³-hybridized carbons (Fsp3) is 0.308. The molecule has 3 aromatic heterocycles. The molecule has 0 radical (unpaired) electrons. The summed E-state index contributed by atoms with van der Waals surface area (Å²) in [7, 11) is 3.18. The van der Waals surface area contributed by atoms with E-state index in [0.29, 0.717) is 65.6 Å². The van der Waals surface area contributed by atoms with Crippen LogP contribution in [-0.4, -0.2) is 63.5 Å². The lowest BCUT2D eigenvalue weighted by Gasteiger charge is -2.36. The maximum absolute atomic E-state index is 10.6. The van der Waals surface area contributed by atoms with Gasteiger partial charge >= 0.3 is 0 Å². The molecule has 12 heteroatoms. The van der Waals surface area contributed by atoms with Crippen molar-refractivity contribution in [3.8, 4) is 34.8 Å². The molecule has 2 atom stereocenters. The molecule has 11 nitrogen and oxygen atoms in total. The largest absolute Gasteiger partial charge is 0.494 e. The minimum absolute atomic E-state index is 0.00897. The summed E-state index contributed by atoms with van der Waals surface area (Å²) in [5.74, 6) is 4.02. The molecule has 1 fully saturated rings. The second-order valence-electron chi connectivity index (χ2n) is 8.76. The summed E-state index contributed by atoms with van der Waals surface area (Å²) < 4.78 is 22.3. The van der Waals surface area contributed by atoms with E-state index in [9.17, 15) is 10.4 Å². The maximum atomic E-state index is 10.6. The zero-order chi connectivity index (χ0) is 26.6. The number of aryl methyl sites for hydroxylation is 1. The Hall–Kier alpha value is -4.21. The van der Waals surface area contributed by atoms with Gasteiger partial charge in [-0.15, -0.1) is 10.2 Å². The van der Waals surface area contributed by atoms with Crippen LogP contribution in [0.5, 0.6) is 11.5 Å². The van der Waals surface area contributed by atoms with E-state index < -0.39 is 6.10 Å². The first-order valence-corrected chi connectivity index (χ1v) is 12.8. The van der Waals surface area contributed by atoms with Gasteiger partial charge in [-0.3, -0.25) is 9.29 Å². The fourth-order valence-electron chi connectivity index (χ4n) is 4.43. The molecule has 1 aromatic carbocycles. The molecule has 196 valence electrons. The van der Waals surface area contributed by atoms with Crippen molar-refractivity contribution in [1.82, 2.24) is 19.7 Å². The zero-order valence-corrected chi connectivity index (χ0v) is 22.0. The number of hydrogen-bond donors (Lipinski definition) is 2. The summed E-state index contributed by atoms with van der Waals surface area (Å²) in [6, 6.07) is 14.8. The molecule has 1 aliphatic rings. The minimum Gasteiger partial charge on any atom is -0.494 e. The van der Waals surface area contributed by atoms with E-state index in [-0.39, 0.29) is 5.25 Å². The topological polar surface area (TPSA) is 134 Å². The number of nitrogens with one attached hydrogen (secondary N) is 1. The summed E-state index contributed by atoms with van der Waals surface area (Å²) >= 11 is 1.43. The van der Waals surface area contributed by atoms with Crippen LogP contribution in [0.3, 0.4) is 0 Å². The zero-order valence-electron chi connectivity index (χ0n) is 21.2. The highest BCUT2D eigenvalue weighted by molar-refractivity contribution is 8.01. The van der Waals surface area contributed by atoms with E-state index in [1.165, 1.54) is 11.9 Å². The number of aliphatic hydroxyl groups excluding tert-OH is 1. The lowest BCUT2D eigenvalue weighted by atomic mass is 10.1. The Kier molecular flexibility index (Phi) is 7.39. The first-order chi connectivity index (χ1) is 18.5. The number of piperidine rings is 1. The summed E-state index contributed by atoms with van der Waals surface area (Å²) in [6.45, 7) is 2.92. The fourth-order valence-corrected chi connectivity index (χ4v) is 5.40. The van der Waals surface area contributed by atoms with Crippen LogP contribution in [0.25, 0.3) is 17.3 Å². The number of nitriles is 1. The van der Waals surface area contributed by atoms with Crippen LogP contribution in [0.15, 0.2) is 53.1 Å². The normalized spacial score (nSPS) is 17.2. The number of hydrogen-bond acceptors (Lipinski definition) is 11. The van der Waals surface area contributed by atoms with E-state index in [4.69, 9.17) is 13.9 Å². The van der Waals surface area contributed by atoms with Crippen molar-refractivity contribution in [3.05, 3.63) is 60.0 Å². The molecular weight excluding hydrogens is 506 g/mol. The number of pyridine rings is 1. The number of para-hydroxylation sites is 1. The van der Waals surface area contributed by atoms with Gasteiger partial charge in [0.15, 0.2) is 5.76 Å². The SMILES string of the molecule is COc1cccc(OC)c1-n1c(NSC2CC(O)CN(c3cc(C#N)ccn3)C2)nnc1-c1ccc(C)o1. The Labute approximate surface area is 224 Å². The summed E-state index contributed by atoms with van der Waals surface area (Å²) in [4.78, 5) is 6.38. The Bertz CT molecular complexity index is 1440. The number of ether oxygens (including phenoxy) is 2. The van der Waals surface area contributed by atoms with Crippen molar-refractivity contribution in [2.75, 3.05) is 36.9 Å². The van der Waals surface area contributed by atoms with Gasteiger partial charge in [0.1, 0.15) is 28.8 Å². The maximum Gasteiger partial charge on any atom is 0.239 e. The molecule has 5 rings (SSSR count). The number of furan rings is 1. The van der Waals surface area contributed by atoms with Crippen LogP contribution in [0.2, 0.25) is 0 Å². The minimum atomic E-state index is -0.551. The van der Waals surface area contributed by atoms with E-state index in [2.05, 4.69) is 26.0 Å². The van der Waals surface area contributed by atoms with Crippen molar-refractivity contribution in [1.29, 1.82) is 5.26 Å². The van der Waals surface area contributed by atoms with Crippen LogP contribution in [-0.2, 0) is 0 Å². The van der Waals surface area contributed by atoms with Gasteiger partial charge in [0.2, 0.25) is 11.8 Å². The van der Waals surface area contributed by atoms with Gasteiger partial charge in [-0.05, 0) is 61.7 Å². The number of methoxy groups -OCH3 is 2. The van der Waals surface area contributed by atoms with Crippen molar-refractivity contribution < 1.29 is 19.0 Å². The average molecular weight is 534 g/mol. The van der Waals surface area contributed by atoms with Gasteiger partial charge in [-0.1, -0.05) is 6.07 Å². The Morgan fingerprint density at radius 3 is 2.61 bits per heavy atom. The van der Waals surface area contributed by atoms with Gasteiger partial charge in [0.25, 0.3) is 0 Å². The number of β-amino-alcohol motifs (C(OH)–C–C–N with tert-alkyl or cyclic N) is 1. The molecule has 4 aromatic rings. The summed E-state index contributed by atoms with van der Waals surface area (Å²) in [5.41, 5.74) is 1.15. The standard InChI is InChI=1S/C26H27N7O4S/c1-16-7-8-22(37-16)25-29-30-26(33(25)24-20(35-2)5-4-6-21(24)36-3)31-38-19-12-18(34)14-32(15-19)23-11-17(13-27)9-10-28-23/h4-11,18-19,34H,12,14-15H2,1-3H3,(H,30,31). The summed E-state index contributed by atoms with van der Waals surface area (Å²) in [6.07, 6.45) is 1.63. The van der Waals surface area contributed by atoms with E-state index in [0.717, 1.165) is 5.76 Å². The molecule has 0 saturated carbocycles. The molecule has 2 N–H and O–H groups in total. The third-order valence-corrected chi connectivity index (χ3v) is 7.13. The molecule has 4 heterocycles. The van der Waals surface area contributed by atoms with Crippen LogP contribution in [0.1, 0.15) is 17.7 Å². The third kappa shape index (κ3) is 5.11. The Balaban J connectivity index is 1.46. The van der Waals surface area contributed by atoms with Crippen LogP contribution in [0, 0.1) is 18.3 Å². The van der Waals surface area contributed by atoms with Crippen LogP contribution < -0.4 is 19.1 Å². The van der Waals surface area contributed by atoms with Gasteiger partial charge in [-0.2, -0.15) is 5.26 Å². The highest BCUT2D eigenvalue weighted by atomic mass is 32.2.